The Hall–Kier alpha value is -3.21. The van der Waals surface area contributed by atoms with Gasteiger partial charge in [0.1, 0.15) is 5.82 Å². The number of likely N-dealkylation sites (N-methyl/N-ethyl adjacent to an activating group) is 1. The lowest BCUT2D eigenvalue weighted by Gasteiger charge is -2.22. The van der Waals surface area contributed by atoms with Crippen molar-refractivity contribution in [1.82, 2.24) is 15.3 Å². The third-order valence-electron chi connectivity index (χ3n) is 5.61. The Balaban J connectivity index is 1.40. The molecular weight excluding hydrogens is 360 g/mol. The average molecular weight is 386 g/mol. The van der Waals surface area contributed by atoms with Crippen LogP contribution in [0.1, 0.15) is 29.7 Å². The molecular formula is C24H26N4O. The predicted molar refractivity (Wildman–Crippen MR) is 115 cm³/mol. The Labute approximate surface area is 171 Å². The number of pyridine rings is 2. The number of nitrogens with zero attached hydrogens (tertiary/aromatic N) is 3. The van der Waals surface area contributed by atoms with Crippen LogP contribution in [0.2, 0.25) is 0 Å². The van der Waals surface area contributed by atoms with E-state index in [-0.39, 0.29) is 11.3 Å². The molecule has 5 heteroatoms. The van der Waals surface area contributed by atoms with E-state index in [9.17, 15) is 4.79 Å². The number of amides is 1. The number of hydrogen-bond donors (Lipinski definition) is 1. The standard InChI is InChI=1S/C24H26N4O/c1-28(17-12-21-11-5-6-15-25-21)22-19(8-7-16-26-22)18-27-23(29)24(13-14-24)20-9-3-2-4-10-20/h2-11,15-16H,12-14,17-18H2,1H3,(H,27,29). The van der Waals surface area contributed by atoms with Gasteiger partial charge in [-0.1, -0.05) is 42.5 Å². The zero-order valence-corrected chi connectivity index (χ0v) is 16.7. The molecule has 1 fully saturated rings. The fourth-order valence-electron chi connectivity index (χ4n) is 3.72. The van der Waals surface area contributed by atoms with Gasteiger partial charge < -0.3 is 10.2 Å². The summed E-state index contributed by atoms with van der Waals surface area (Å²) in [5.74, 6) is 1.00. The van der Waals surface area contributed by atoms with Gasteiger partial charge in [0, 0.05) is 50.2 Å². The number of carbonyl (C=O) groups excluding carboxylic acids is 1. The minimum absolute atomic E-state index is 0.106. The van der Waals surface area contributed by atoms with Crippen molar-refractivity contribution in [2.75, 3.05) is 18.5 Å². The van der Waals surface area contributed by atoms with Gasteiger partial charge in [0.2, 0.25) is 5.91 Å². The Morgan fingerprint density at radius 2 is 1.76 bits per heavy atom. The first-order valence-electron chi connectivity index (χ1n) is 10.1. The summed E-state index contributed by atoms with van der Waals surface area (Å²) in [5.41, 5.74) is 2.84. The number of rotatable bonds is 8. The Bertz CT molecular complexity index is 955. The van der Waals surface area contributed by atoms with Crippen LogP contribution in [0.5, 0.6) is 0 Å². The zero-order valence-electron chi connectivity index (χ0n) is 16.7. The van der Waals surface area contributed by atoms with Gasteiger partial charge in [0.05, 0.1) is 5.41 Å². The largest absolute Gasteiger partial charge is 0.359 e. The minimum Gasteiger partial charge on any atom is -0.359 e. The number of benzene rings is 1. The van der Waals surface area contributed by atoms with Crippen LogP contribution in [0, 0.1) is 0 Å². The summed E-state index contributed by atoms with van der Waals surface area (Å²) in [4.78, 5) is 24.0. The molecule has 1 saturated carbocycles. The number of carbonyl (C=O) groups is 1. The van der Waals surface area contributed by atoms with Gasteiger partial charge in [-0.2, -0.15) is 0 Å². The van der Waals surface area contributed by atoms with E-state index in [0.717, 1.165) is 48.4 Å². The van der Waals surface area contributed by atoms with Gasteiger partial charge in [-0.25, -0.2) is 4.98 Å². The molecule has 0 unspecified atom stereocenters. The van der Waals surface area contributed by atoms with Crippen LogP contribution in [0.4, 0.5) is 5.82 Å². The highest BCUT2D eigenvalue weighted by atomic mass is 16.2. The van der Waals surface area contributed by atoms with E-state index in [1.54, 1.807) is 6.20 Å². The Morgan fingerprint density at radius 3 is 2.48 bits per heavy atom. The lowest BCUT2D eigenvalue weighted by Crippen LogP contribution is -2.35. The monoisotopic (exact) mass is 386 g/mol. The average Bonchev–Trinajstić information content (AvgIpc) is 3.59. The number of nitrogens with one attached hydrogen (secondary N) is 1. The molecule has 4 rings (SSSR count). The van der Waals surface area contributed by atoms with Crippen molar-refractivity contribution in [3.05, 3.63) is 89.9 Å². The third-order valence-corrected chi connectivity index (χ3v) is 5.61. The summed E-state index contributed by atoms with van der Waals surface area (Å²) in [6, 6.07) is 20.0. The molecule has 0 radical (unpaired) electrons. The van der Waals surface area contributed by atoms with Crippen molar-refractivity contribution in [3.63, 3.8) is 0 Å². The molecule has 5 nitrogen and oxygen atoms in total. The van der Waals surface area contributed by atoms with Crippen molar-refractivity contribution in [3.8, 4) is 0 Å². The second-order valence-corrected chi connectivity index (χ2v) is 7.61. The first-order valence-corrected chi connectivity index (χ1v) is 10.1. The molecule has 0 aliphatic heterocycles. The predicted octanol–water partition coefficient (Wildman–Crippen LogP) is 3.50. The van der Waals surface area contributed by atoms with Gasteiger partial charge >= 0.3 is 0 Å². The zero-order chi connectivity index (χ0) is 20.1. The Kier molecular flexibility index (Phi) is 5.56. The molecule has 29 heavy (non-hydrogen) atoms. The molecule has 0 saturated heterocycles. The van der Waals surface area contributed by atoms with Crippen LogP contribution >= 0.6 is 0 Å². The van der Waals surface area contributed by atoms with Gasteiger partial charge in [0.25, 0.3) is 0 Å². The first-order chi connectivity index (χ1) is 14.2. The molecule has 1 aromatic carbocycles. The summed E-state index contributed by atoms with van der Waals surface area (Å²) in [7, 11) is 2.03. The van der Waals surface area contributed by atoms with Gasteiger partial charge in [-0.15, -0.1) is 0 Å². The van der Waals surface area contributed by atoms with E-state index in [4.69, 9.17) is 0 Å². The lowest BCUT2D eigenvalue weighted by molar-refractivity contribution is -0.123. The smallest absolute Gasteiger partial charge is 0.230 e. The van der Waals surface area contributed by atoms with Crippen molar-refractivity contribution in [1.29, 1.82) is 0 Å². The third kappa shape index (κ3) is 4.29. The summed E-state index contributed by atoms with van der Waals surface area (Å²) >= 11 is 0. The molecule has 3 aromatic rings. The van der Waals surface area contributed by atoms with Crippen molar-refractivity contribution < 1.29 is 4.79 Å². The maximum atomic E-state index is 12.9. The quantitative estimate of drug-likeness (QED) is 0.644. The van der Waals surface area contributed by atoms with Crippen LogP contribution in [-0.4, -0.2) is 29.5 Å². The van der Waals surface area contributed by atoms with Crippen LogP contribution in [0.3, 0.4) is 0 Å². The van der Waals surface area contributed by atoms with E-state index in [1.807, 2.05) is 73.9 Å². The second kappa shape index (κ2) is 8.43. The molecule has 1 aliphatic rings. The molecule has 1 N–H and O–H groups in total. The molecule has 1 aliphatic carbocycles. The van der Waals surface area contributed by atoms with E-state index in [0.29, 0.717) is 6.54 Å². The second-order valence-electron chi connectivity index (χ2n) is 7.61. The maximum Gasteiger partial charge on any atom is 0.230 e. The number of anilines is 1. The van der Waals surface area contributed by atoms with Gasteiger partial charge in [-0.05, 0) is 36.6 Å². The lowest BCUT2D eigenvalue weighted by atomic mass is 9.95. The van der Waals surface area contributed by atoms with Crippen molar-refractivity contribution in [2.45, 2.75) is 31.2 Å². The molecule has 0 bridgehead atoms. The highest BCUT2D eigenvalue weighted by molar-refractivity contribution is 5.91. The van der Waals surface area contributed by atoms with Crippen molar-refractivity contribution >= 4 is 11.7 Å². The van der Waals surface area contributed by atoms with E-state index >= 15 is 0 Å². The van der Waals surface area contributed by atoms with Crippen LogP contribution in [0.25, 0.3) is 0 Å². The Morgan fingerprint density at radius 1 is 1.00 bits per heavy atom. The SMILES string of the molecule is CN(CCc1ccccn1)c1ncccc1CNC(=O)C1(c2ccccc2)CC1. The van der Waals surface area contributed by atoms with E-state index < -0.39 is 0 Å². The fourth-order valence-corrected chi connectivity index (χ4v) is 3.72. The number of hydrogen-bond acceptors (Lipinski definition) is 4. The summed E-state index contributed by atoms with van der Waals surface area (Å²) in [5, 5.41) is 3.15. The van der Waals surface area contributed by atoms with Crippen LogP contribution in [-0.2, 0) is 23.2 Å². The minimum atomic E-state index is -0.353. The normalized spacial score (nSPS) is 14.2. The number of aromatic nitrogens is 2. The topological polar surface area (TPSA) is 58.1 Å². The van der Waals surface area contributed by atoms with E-state index in [2.05, 4.69) is 20.2 Å². The molecule has 0 spiro atoms. The van der Waals surface area contributed by atoms with Crippen molar-refractivity contribution in [2.24, 2.45) is 0 Å². The maximum absolute atomic E-state index is 12.9. The molecule has 148 valence electrons. The van der Waals surface area contributed by atoms with Crippen LogP contribution in [0.15, 0.2) is 73.1 Å². The molecule has 0 atom stereocenters. The van der Waals surface area contributed by atoms with Crippen LogP contribution < -0.4 is 10.2 Å². The molecule has 2 heterocycles. The molecule has 1 amide bonds. The van der Waals surface area contributed by atoms with E-state index in [1.165, 1.54) is 0 Å². The summed E-state index contributed by atoms with van der Waals surface area (Å²) in [6.45, 7) is 1.29. The summed E-state index contributed by atoms with van der Waals surface area (Å²) < 4.78 is 0. The van der Waals surface area contributed by atoms with Gasteiger partial charge in [-0.3, -0.25) is 9.78 Å². The fraction of sp³-hybridized carbons (Fsp3) is 0.292. The first kappa shape index (κ1) is 19.1. The highest BCUT2D eigenvalue weighted by Crippen LogP contribution is 2.48. The highest BCUT2D eigenvalue weighted by Gasteiger charge is 2.50. The molecule has 2 aromatic heterocycles. The summed E-state index contributed by atoms with van der Waals surface area (Å²) in [6.07, 6.45) is 6.28. The van der Waals surface area contributed by atoms with Gasteiger partial charge in [0.15, 0.2) is 0 Å².